The molecule has 1 heterocycles. The van der Waals surface area contributed by atoms with E-state index in [0.29, 0.717) is 23.9 Å². The van der Waals surface area contributed by atoms with Crippen molar-refractivity contribution in [1.82, 2.24) is 0 Å². The second-order valence-corrected chi connectivity index (χ2v) is 7.21. The van der Waals surface area contributed by atoms with E-state index in [0.717, 1.165) is 35.7 Å². The number of hydrogen-bond donors (Lipinski definition) is 0. The van der Waals surface area contributed by atoms with Crippen LogP contribution in [0.5, 0.6) is 5.75 Å². The third-order valence-corrected chi connectivity index (χ3v) is 5.13. The summed E-state index contributed by atoms with van der Waals surface area (Å²) in [5.41, 5.74) is 3.12. The number of ether oxygens (including phenoxy) is 1. The minimum Gasteiger partial charge on any atom is -0.545 e. The van der Waals surface area contributed by atoms with Gasteiger partial charge in [0.25, 0.3) is 0 Å². The molecule has 4 nitrogen and oxygen atoms in total. The summed E-state index contributed by atoms with van der Waals surface area (Å²) in [6, 6.07) is 11.1. The molecule has 1 fully saturated rings. The van der Waals surface area contributed by atoms with Crippen molar-refractivity contribution in [2.75, 3.05) is 18.1 Å². The molecule has 0 N–H and O–H groups in total. The van der Waals surface area contributed by atoms with E-state index < -0.39 is 5.97 Å². The van der Waals surface area contributed by atoms with E-state index in [4.69, 9.17) is 16.3 Å². The Bertz CT molecular complexity index is 823. The summed E-state index contributed by atoms with van der Waals surface area (Å²) < 4.78 is 5.99. The molecule has 2 aromatic carbocycles. The van der Waals surface area contributed by atoms with Gasteiger partial charge in [-0.05, 0) is 55.0 Å². The molecule has 1 saturated carbocycles. The largest absolute Gasteiger partial charge is 1.00 e. The molecule has 1 aliphatic carbocycles. The van der Waals surface area contributed by atoms with Gasteiger partial charge in [0.05, 0.1) is 12.6 Å². The Hall–Kier alpha value is -1.20. The topological polar surface area (TPSA) is 52.6 Å². The van der Waals surface area contributed by atoms with Crippen LogP contribution in [0, 0.1) is 5.92 Å². The number of rotatable bonds is 6. The number of anilines is 1. The molecule has 4 rings (SSSR count). The smallest absolute Gasteiger partial charge is 0.545 e. The number of halogens is 1. The third-order valence-electron chi connectivity index (χ3n) is 4.90. The zero-order chi connectivity index (χ0) is 17.4. The second-order valence-electron chi connectivity index (χ2n) is 6.77. The standard InChI is InChI=1S/C20H20ClNO3.Na/c21-15-6-7-19(25-12-13-4-5-13)14(10-15)11-22-9-8-16-17(20(23)24)2-1-3-18(16)22;/h1-3,6-7,10,13H,4-5,8-9,11-12H2,(H,23,24);/q;+1/p-1. The van der Waals surface area contributed by atoms with Crippen LogP contribution in [0.3, 0.4) is 0 Å². The molecule has 1 aliphatic heterocycles. The van der Waals surface area contributed by atoms with Gasteiger partial charge < -0.3 is 19.5 Å². The fourth-order valence-electron chi connectivity index (χ4n) is 3.37. The Morgan fingerprint density at radius 2 is 2.08 bits per heavy atom. The number of benzene rings is 2. The maximum Gasteiger partial charge on any atom is 1.00 e. The molecular weight excluding hydrogens is 361 g/mol. The first-order valence-electron chi connectivity index (χ1n) is 8.61. The van der Waals surface area contributed by atoms with E-state index in [2.05, 4.69) is 4.90 Å². The molecule has 0 saturated heterocycles. The van der Waals surface area contributed by atoms with Crippen LogP contribution < -0.4 is 44.3 Å². The SMILES string of the molecule is O=C([O-])c1cccc2c1CCN2Cc1cc(Cl)ccc1OCC1CC1.[Na+]. The van der Waals surface area contributed by atoms with E-state index >= 15 is 0 Å². The van der Waals surface area contributed by atoms with E-state index in [1.54, 1.807) is 12.1 Å². The molecule has 2 aromatic rings. The number of nitrogens with zero attached hydrogens (tertiary/aromatic N) is 1. The number of carboxylic acid groups (broad SMARTS) is 1. The Morgan fingerprint density at radius 1 is 1.27 bits per heavy atom. The Morgan fingerprint density at radius 3 is 2.81 bits per heavy atom. The van der Waals surface area contributed by atoms with Crippen molar-refractivity contribution in [3.05, 3.63) is 58.1 Å². The van der Waals surface area contributed by atoms with Crippen molar-refractivity contribution >= 4 is 23.3 Å². The molecule has 6 heteroatoms. The maximum absolute atomic E-state index is 11.3. The van der Waals surface area contributed by atoms with Gasteiger partial charge in [0.2, 0.25) is 0 Å². The number of aromatic carboxylic acids is 1. The van der Waals surface area contributed by atoms with Crippen LogP contribution in [-0.4, -0.2) is 19.1 Å². The van der Waals surface area contributed by atoms with Crippen LogP contribution in [0.2, 0.25) is 5.02 Å². The zero-order valence-electron chi connectivity index (χ0n) is 14.8. The second kappa shape index (κ2) is 8.22. The molecule has 0 amide bonds. The Balaban J connectivity index is 0.00000196. The minimum atomic E-state index is -1.12. The fraction of sp³-hybridized carbons (Fsp3) is 0.350. The number of carbonyl (C=O) groups is 1. The van der Waals surface area contributed by atoms with Crippen molar-refractivity contribution in [3.8, 4) is 5.75 Å². The average Bonchev–Trinajstić information content (AvgIpc) is 3.34. The van der Waals surface area contributed by atoms with E-state index in [1.165, 1.54) is 12.8 Å². The van der Waals surface area contributed by atoms with Gasteiger partial charge in [0.15, 0.2) is 0 Å². The van der Waals surface area contributed by atoms with Crippen molar-refractivity contribution in [1.29, 1.82) is 0 Å². The van der Waals surface area contributed by atoms with Crippen molar-refractivity contribution in [2.45, 2.75) is 25.8 Å². The molecule has 0 unspecified atom stereocenters. The van der Waals surface area contributed by atoms with Gasteiger partial charge in [-0.25, -0.2) is 0 Å². The predicted octanol–water partition coefficient (Wildman–Crippen LogP) is 0.0590. The van der Waals surface area contributed by atoms with Gasteiger partial charge in [0, 0.05) is 34.9 Å². The molecule has 130 valence electrons. The molecule has 0 spiro atoms. The van der Waals surface area contributed by atoms with E-state index in [1.807, 2.05) is 24.3 Å². The first-order valence-corrected chi connectivity index (χ1v) is 8.99. The van der Waals surface area contributed by atoms with Crippen LogP contribution in [0.15, 0.2) is 36.4 Å². The minimum absolute atomic E-state index is 0. The predicted molar refractivity (Wildman–Crippen MR) is 95.2 cm³/mol. The van der Waals surface area contributed by atoms with Gasteiger partial charge in [-0.1, -0.05) is 23.7 Å². The summed E-state index contributed by atoms with van der Waals surface area (Å²) in [5, 5.41) is 12.0. The van der Waals surface area contributed by atoms with E-state index in [-0.39, 0.29) is 35.1 Å². The molecule has 0 bridgehead atoms. The van der Waals surface area contributed by atoms with Crippen molar-refractivity contribution in [3.63, 3.8) is 0 Å². The average molecular weight is 380 g/mol. The van der Waals surface area contributed by atoms with Crippen LogP contribution >= 0.6 is 11.6 Å². The maximum atomic E-state index is 11.3. The normalized spacial score (nSPS) is 15.3. The van der Waals surface area contributed by atoms with Crippen molar-refractivity contribution in [2.24, 2.45) is 5.92 Å². The van der Waals surface area contributed by atoms with E-state index in [9.17, 15) is 9.90 Å². The summed E-state index contributed by atoms with van der Waals surface area (Å²) in [5.74, 6) is 0.428. The number of fused-ring (bicyclic) bond motifs is 1. The molecule has 0 atom stereocenters. The molecule has 0 radical (unpaired) electrons. The summed E-state index contributed by atoms with van der Waals surface area (Å²) in [6.07, 6.45) is 3.20. The molecule has 2 aliphatic rings. The Labute approximate surface area is 180 Å². The number of hydrogen-bond acceptors (Lipinski definition) is 4. The third kappa shape index (κ3) is 4.20. The fourth-order valence-corrected chi connectivity index (χ4v) is 3.56. The van der Waals surface area contributed by atoms with Gasteiger partial charge >= 0.3 is 29.6 Å². The van der Waals surface area contributed by atoms with Gasteiger partial charge in [-0.2, -0.15) is 0 Å². The summed E-state index contributed by atoms with van der Waals surface area (Å²) in [4.78, 5) is 13.5. The van der Waals surface area contributed by atoms with Gasteiger partial charge in [-0.15, -0.1) is 0 Å². The Kier molecular flexibility index (Phi) is 6.18. The summed E-state index contributed by atoms with van der Waals surface area (Å²) in [7, 11) is 0. The summed E-state index contributed by atoms with van der Waals surface area (Å²) >= 11 is 6.18. The number of carboxylic acids is 1. The molecule has 0 aromatic heterocycles. The molecular formula is C20H19ClNNaO3. The number of carbonyl (C=O) groups excluding carboxylic acids is 1. The van der Waals surface area contributed by atoms with Gasteiger partial charge in [0.1, 0.15) is 5.75 Å². The first-order chi connectivity index (χ1) is 12.1. The van der Waals surface area contributed by atoms with Gasteiger partial charge in [-0.3, -0.25) is 0 Å². The van der Waals surface area contributed by atoms with Crippen LogP contribution in [0.25, 0.3) is 0 Å². The molecule has 26 heavy (non-hydrogen) atoms. The zero-order valence-corrected chi connectivity index (χ0v) is 17.6. The summed E-state index contributed by atoms with van der Waals surface area (Å²) in [6.45, 7) is 2.16. The van der Waals surface area contributed by atoms with Crippen LogP contribution in [-0.2, 0) is 13.0 Å². The van der Waals surface area contributed by atoms with Crippen LogP contribution in [0.1, 0.15) is 34.3 Å². The van der Waals surface area contributed by atoms with Crippen LogP contribution in [0.4, 0.5) is 5.69 Å². The monoisotopic (exact) mass is 379 g/mol. The quantitative estimate of drug-likeness (QED) is 0.666. The first kappa shape index (κ1) is 19.6. The van der Waals surface area contributed by atoms with Crippen molar-refractivity contribution < 1.29 is 44.2 Å².